The van der Waals surface area contributed by atoms with Crippen molar-refractivity contribution in [1.82, 2.24) is 10.2 Å². The highest BCUT2D eigenvalue weighted by Crippen LogP contribution is 2.26. The van der Waals surface area contributed by atoms with E-state index < -0.39 is 0 Å². The van der Waals surface area contributed by atoms with E-state index in [1.807, 2.05) is 6.07 Å². The normalized spacial score (nSPS) is 19.9. The topological polar surface area (TPSA) is 94.4 Å². The summed E-state index contributed by atoms with van der Waals surface area (Å²) in [5.74, 6) is 0. The summed E-state index contributed by atoms with van der Waals surface area (Å²) in [5, 5.41) is 28.6. The van der Waals surface area contributed by atoms with E-state index in [1.54, 1.807) is 14.2 Å². The van der Waals surface area contributed by atoms with Crippen molar-refractivity contribution in [2.24, 2.45) is 0 Å². The van der Waals surface area contributed by atoms with Crippen LogP contribution in [0.15, 0.2) is 30.3 Å². The van der Waals surface area contributed by atoms with Crippen LogP contribution in [0.1, 0.15) is 38.7 Å². The third-order valence-electron chi connectivity index (χ3n) is 5.97. The second-order valence-electron chi connectivity index (χ2n) is 7.60. The van der Waals surface area contributed by atoms with E-state index in [0.29, 0.717) is 0 Å². The van der Waals surface area contributed by atoms with Gasteiger partial charge < -0.3 is 30.1 Å². The standard InChI is InChI=1S/C14H21NO2.C7H15NO2.CH4O.CH4/c1-17-14(12-16)7-9-15(10-8-14)11-13-5-3-2-4-6-13;1-10-7(6-9)2-4-8-5-3-7;1-2;/h2-6,16H,7-12H2,1H3;8-9H,2-6H2,1H3;2H,1H3;1H4. The Morgan fingerprint density at radius 2 is 1.33 bits per heavy atom. The molecule has 1 aromatic rings. The molecule has 2 heterocycles. The summed E-state index contributed by atoms with van der Waals surface area (Å²) < 4.78 is 10.7. The number of aliphatic hydroxyl groups excluding tert-OH is 3. The summed E-state index contributed by atoms with van der Waals surface area (Å²) in [6, 6.07) is 10.5. The van der Waals surface area contributed by atoms with Crippen molar-refractivity contribution in [2.75, 3.05) is 60.7 Å². The Morgan fingerprint density at radius 1 is 0.867 bits per heavy atom. The fourth-order valence-corrected chi connectivity index (χ4v) is 3.70. The Balaban J connectivity index is 0.000000557. The molecule has 2 aliphatic rings. The van der Waals surface area contributed by atoms with Gasteiger partial charge >= 0.3 is 0 Å². The molecule has 0 bridgehead atoms. The Hall–Kier alpha value is -1.06. The minimum atomic E-state index is -0.298. The third kappa shape index (κ3) is 8.98. The molecular formula is C23H44N2O5. The van der Waals surface area contributed by atoms with Gasteiger partial charge in [-0.25, -0.2) is 0 Å². The molecule has 7 nitrogen and oxygen atoms in total. The van der Waals surface area contributed by atoms with Crippen LogP contribution in [0.25, 0.3) is 0 Å². The number of piperidine rings is 2. The quantitative estimate of drug-likeness (QED) is 0.547. The summed E-state index contributed by atoms with van der Waals surface area (Å²) in [7, 11) is 4.37. The Bertz CT molecular complexity index is 504. The summed E-state index contributed by atoms with van der Waals surface area (Å²) >= 11 is 0. The van der Waals surface area contributed by atoms with Crippen LogP contribution in [0, 0.1) is 0 Å². The van der Waals surface area contributed by atoms with Gasteiger partial charge in [-0.15, -0.1) is 0 Å². The minimum Gasteiger partial charge on any atom is -0.400 e. The van der Waals surface area contributed by atoms with Gasteiger partial charge in [0.05, 0.1) is 24.4 Å². The van der Waals surface area contributed by atoms with Crippen LogP contribution in [0.5, 0.6) is 0 Å². The molecule has 0 unspecified atom stereocenters. The molecule has 4 N–H and O–H groups in total. The van der Waals surface area contributed by atoms with Gasteiger partial charge in [-0.3, -0.25) is 4.90 Å². The van der Waals surface area contributed by atoms with Gasteiger partial charge in [-0.2, -0.15) is 0 Å². The summed E-state index contributed by atoms with van der Waals surface area (Å²) in [6.45, 7) is 5.15. The first kappa shape index (κ1) is 28.9. The van der Waals surface area contributed by atoms with Crippen molar-refractivity contribution >= 4 is 0 Å². The SMILES string of the molecule is C.CO.COC1(CO)CCN(Cc2ccccc2)CC1.COC1(CO)CCNCC1. The van der Waals surface area contributed by atoms with Gasteiger partial charge in [0.1, 0.15) is 0 Å². The molecule has 2 aliphatic heterocycles. The van der Waals surface area contributed by atoms with Gasteiger partial charge in [0.25, 0.3) is 0 Å². The van der Waals surface area contributed by atoms with Crippen LogP contribution in [-0.4, -0.2) is 92.1 Å². The first-order chi connectivity index (χ1) is 14.1. The van der Waals surface area contributed by atoms with Crippen molar-refractivity contribution in [1.29, 1.82) is 0 Å². The number of benzene rings is 1. The predicted molar refractivity (Wildman–Crippen MR) is 122 cm³/mol. The molecule has 0 radical (unpaired) electrons. The Kier molecular flexibility index (Phi) is 15.1. The lowest BCUT2D eigenvalue weighted by Gasteiger charge is -2.39. The fraction of sp³-hybridized carbons (Fsp3) is 0.739. The molecule has 7 heteroatoms. The lowest BCUT2D eigenvalue weighted by molar-refractivity contribution is -0.0899. The minimum absolute atomic E-state index is 0. The number of likely N-dealkylation sites (tertiary alicyclic amines) is 1. The molecule has 0 spiro atoms. The number of hydrogen-bond acceptors (Lipinski definition) is 7. The van der Waals surface area contributed by atoms with Crippen LogP contribution in [-0.2, 0) is 16.0 Å². The zero-order valence-corrected chi connectivity index (χ0v) is 18.3. The lowest BCUT2D eigenvalue weighted by Crippen LogP contribution is -2.47. The summed E-state index contributed by atoms with van der Waals surface area (Å²) in [5.41, 5.74) is 0.805. The Morgan fingerprint density at radius 3 is 1.73 bits per heavy atom. The van der Waals surface area contributed by atoms with E-state index in [9.17, 15) is 5.11 Å². The second kappa shape index (κ2) is 15.7. The van der Waals surface area contributed by atoms with Crippen LogP contribution in [0.3, 0.4) is 0 Å². The highest BCUT2D eigenvalue weighted by molar-refractivity contribution is 5.14. The van der Waals surface area contributed by atoms with E-state index in [2.05, 4.69) is 34.5 Å². The van der Waals surface area contributed by atoms with Gasteiger partial charge in [0.15, 0.2) is 0 Å². The molecule has 0 aliphatic carbocycles. The van der Waals surface area contributed by atoms with E-state index in [-0.39, 0.29) is 31.8 Å². The van der Waals surface area contributed by atoms with Gasteiger partial charge in [0.2, 0.25) is 0 Å². The van der Waals surface area contributed by atoms with Crippen LogP contribution < -0.4 is 5.32 Å². The second-order valence-corrected chi connectivity index (χ2v) is 7.60. The smallest absolute Gasteiger partial charge is 0.0932 e. The van der Waals surface area contributed by atoms with Crippen molar-refractivity contribution in [3.05, 3.63) is 35.9 Å². The molecule has 0 amide bonds. The number of ether oxygens (including phenoxy) is 2. The average molecular weight is 429 g/mol. The molecule has 0 atom stereocenters. The molecule has 2 saturated heterocycles. The number of rotatable bonds is 6. The Labute approximate surface area is 183 Å². The van der Waals surface area contributed by atoms with Crippen molar-refractivity contribution in [3.63, 3.8) is 0 Å². The summed E-state index contributed by atoms with van der Waals surface area (Å²) in [6.07, 6.45) is 3.65. The lowest BCUT2D eigenvalue weighted by atomic mass is 9.92. The van der Waals surface area contributed by atoms with Crippen LogP contribution >= 0.6 is 0 Å². The number of nitrogens with one attached hydrogen (secondary N) is 1. The van der Waals surface area contributed by atoms with Crippen molar-refractivity contribution < 1.29 is 24.8 Å². The van der Waals surface area contributed by atoms with Gasteiger partial charge in [0, 0.05) is 41.0 Å². The first-order valence-corrected chi connectivity index (χ1v) is 10.3. The van der Waals surface area contributed by atoms with Gasteiger partial charge in [-0.05, 0) is 44.3 Å². The van der Waals surface area contributed by atoms with E-state index in [1.165, 1.54) is 5.56 Å². The predicted octanol–water partition coefficient (Wildman–Crippen LogP) is 1.65. The third-order valence-corrected chi connectivity index (χ3v) is 5.97. The maximum Gasteiger partial charge on any atom is 0.0932 e. The highest BCUT2D eigenvalue weighted by Gasteiger charge is 2.33. The van der Waals surface area contributed by atoms with E-state index >= 15 is 0 Å². The zero-order valence-electron chi connectivity index (χ0n) is 18.3. The molecule has 0 saturated carbocycles. The highest BCUT2D eigenvalue weighted by atomic mass is 16.5. The number of methoxy groups -OCH3 is 2. The fourth-order valence-electron chi connectivity index (χ4n) is 3.70. The van der Waals surface area contributed by atoms with Crippen LogP contribution in [0.4, 0.5) is 0 Å². The molecule has 0 aromatic heterocycles. The monoisotopic (exact) mass is 428 g/mol. The van der Waals surface area contributed by atoms with Crippen molar-refractivity contribution in [2.45, 2.75) is 50.9 Å². The van der Waals surface area contributed by atoms with Gasteiger partial charge in [-0.1, -0.05) is 37.8 Å². The number of hydrogen-bond donors (Lipinski definition) is 4. The average Bonchev–Trinajstić information content (AvgIpc) is 2.82. The molecule has 3 rings (SSSR count). The van der Waals surface area contributed by atoms with E-state index in [4.69, 9.17) is 19.7 Å². The number of nitrogens with zero attached hydrogens (tertiary/aromatic N) is 1. The maximum atomic E-state index is 9.37. The zero-order chi connectivity index (χ0) is 21.6. The molecule has 2 fully saturated rings. The van der Waals surface area contributed by atoms with Crippen molar-refractivity contribution in [3.8, 4) is 0 Å². The molecule has 176 valence electrons. The number of aliphatic hydroxyl groups is 3. The summed E-state index contributed by atoms with van der Waals surface area (Å²) in [4.78, 5) is 2.42. The molecule has 30 heavy (non-hydrogen) atoms. The molecule has 1 aromatic carbocycles. The van der Waals surface area contributed by atoms with E-state index in [0.717, 1.165) is 65.5 Å². The largest absolute Gasteiger partial charge is 0.400 e. The first-order valence-electron chi connectivity index (χ1n) is 10.3. The molecular weight excluding hydrogens is 384 g/mol. The van der Waals surface area contributed by atoms with Crippen LogP contribution in [0.2, 0.25) is 0 Å². The maximum absolute atomic E-state index is 9.37.